The predicted molar refractivity (Wildman–Crippen MR) is 84.5 cm³/mol. The van der Waals surface area contributed by atoms with E-state index in [1.54, 1.807) is 24.4 Å². The lowest BCUT2D eigenvalue weighted by Crippen LogP contribution is -1.95. The molecule has 0 saturated carbocycles. The molecule has 23 heavy (non-hydrogen) atoms. The van der Waals surface area contributed by atoms with Crippen LogP contribution >= 0.6 is 0 Å². The molecule has 0 radical (unpaired) electrons. The number of aryl methyl sites for hydroxylation is 1. The lowest BCUT2D eigenvalue weighted by atomic mass is 10.2. The normalized spacial score (nSPS) is 10.1. The molecule has 0 fully saturated rings. The van der Waals surface area contributed by atoms with Gasteiger partial charge in [-0.2, -0.15) is 15.5 Å². The number of nitrogens with zero attached hydrogens (tertiary/aromatic N) is 4. The number of aromatic nitrogens is 4. The molecule has 7 heteroatoms. The molecule has 0 aliphatic carbocycles. The van der Waals surface area contributed by atoms with Crippen molar-refractivity contribution in [3.8, 4) is 17.7 Å². The first kappa shape index (κ1) is 14.5. The molecule has 114 valence electrons. The minimum Gasteiger partial charge on any atom is -0.437 e. The smallest absolute Gasteiger partial charge is 0.240 e. The number of aromatic amines is 1. The summed E-state index contributed by atoms with van der Waals surface area (Å²) in [5.74, 6) is 1.70. The monoisotopic (exact) mass is 306 g/mol. The van der Waals surface area contributed by atoms with E-state index in [-0.39, 0.29) is 0 Å². The molecule has 2 heterocycles. The molecule has 0 spiro atoms. The Morgan fingerprint density at radius 1 is 1.26 bits per heavy atom. The van der Waals surface area contributed by atoms with E-state index in [1.165, 1.54) is 0 Å². The molecule has 1 aromatic carbocycles. The van der Waals surface area contributed by atoms with Crippen LogP contribution in [0.2, 0.25) is 0 Å². The third kappa shape index (κ3) is 3.83. The zero-order valence-electron chi connectivity index (χ0n) is 12.4. The number of benzene rings is 1. The number of ether oxygens (including phenoxy) is 1. The van der Waals surface area contributed by atoms with E-state index >= 15 is 0 Å². The maximum Gasteiger partial charge on any atom is 0.240 e. The summed E-state index contributed by atoms with van der Waals surface area (Å²) in [5, 5.41) is 26.6. The van der Waals surface area contributed by atoms with Crippen molar-refractivity contribution in [1.29, 1.82) is 5.26 Å². The minimum atomic E-state index is 0.371. The quantitative estimate of drug-likeness (QED) is 0.751. The average molecular weight is 306 g/mol. The highest BCUT2D eigenvalue weighted by molar-refractivity contribution is 5.56. The molecule has 2 aromatic heterocycles. The van der Waals surface area contributed by atoms with Crippen LogP contribution in [0.1, 0.15) is 11.3 Å². The molecule has 0 aliphatic rings. The fourth-order valence-corrected chi connectivity index (χ4v) is 1.98. The Hall–Kier alpha value is -3.40. The number of rotatable bonds is 5. The Labute approximate surface area is 133 Å². The van der Waals surface area contributed by atoms with E-state index in [9.17, 15) is 0 Å². The Balaban J connectivity index is 1.71. The summed E-state index contributed by atoms with van der Waals surface area (Å²) in [7, 11) is 0. The van der Waals surface area contributed by atoms with Crippen molar-refractivity contribution in [2.45, 2.75) is 13.3 Å². The maximum absolute atomic E-state index is 8.66. The van der Waals surface area contributed by atoms with Crippen molar-refractivity contribution >= 4 is 11.5 Å². The topological polar surface area (TPSA) is 99.5 Å². The van der Waals surface area contributed by atoms with Gasteiger partial charge >= 0.3 is 0 Å². The molecule has 3 rings (SSSR count). The lowest BCUT2D eigenvalue weighted by molar-refractivity contribution is 0.455. The Kier molecular flexibility index (Phi) is 4.16. The van der Waals surface area contributed by atoms with Crippen molar-refractivity contribution in [2.75, 3.05) is 5.32 Å². The number of nitriles is 1. The van der Waals surface area contributed by atoms with E-state index in [4.69, 9.17) is 10.00 Å². The lowest BCUT2D eigenvalue weighted by Gasteiger charge is -2.06. The molecule has 2 N–H and O–H groups in total. The van der Waals surface area contributed by atoms with Crippen LogP contribution in [0.5, 0.6) is 11.6 Å². The Morgan fingerprint density at radius 3 is 2.78 bits per heavy atom. The Bertz CT molecular complexity index is 834. The molecule has 3 aromatic rings. The van der Waals surface area contributed by atoms with Gasteiger partial charge in [0.15, 0.2) is 5.82 Å². The van der Waals surface area contributed by atoms with Crippen LogP contribution in [0.15, 0.2) is 42.6 Å². The summed E-state index contributed by atoms with van der Waals surface area (Å²) in [6.45, 7) is 1.92. The fourth-order valence-electron chi connectivity index (χ4n) is 1.98. The summed E-state index contributed by atoms with van der Waals surface area (Å²) >= 11 is 0. The molecular formula is C16H14N6O. The largest absolute Gasteiger partial charge is 0.437 e. The summed E-state index contributed by atoms with van der Waals surface area (Å²) in [6.07, 6.45) is 1.97. The first-order valence-electron chi connectivity index (χ1n) is 6.98. The van der Waals surface area contributed by atoms with E-state index in [1.807, 2.05) is 25.1 Å². The summed E-state index contributed by atoms with van der Waals surface area (Å²) in [6, 6.07) is 13.0. The van der Waals surface area contributed by atoms with E-state index < -0.39 is 0 Å². The first-order valence-corrected chi connectivity index (χ1v) is 6.98. The molecule has 0 amide bonds. The van der Waals surface area contributed by atoms with Crippen LogP contribution in [0.3, 0.4) is 0 Å². The standard InChI is InChI=1S/C16H14N6O/c1-11-8-15(21-20-11)19-13-9-16(22-18-10-13)23-14-4-2-12(3-5-14)6-7-17/h2-5,8-10H,6H2,1H3,(H2,19,20,21,22). The van der Waals surface area contributed by atoms with Crippen LogP contribution in [0.25, 0.3) is 0 Å². The van der Waals surface area contributed by atoms with Crippen molar-refractivity contribution in [1.82, 2.24) is 20.4 Å². The molecule has 0 saturated heterocycles. The summed E-state index contributed by atoms with van der Waals surface area (Å²) < 4.78 is 5.67. The van der Waals surface area contributed by atoms with Crippen LogP contribution in [0.4, 0.5) is 11.5 Å². The van der Waals surface area contributed by atoms with Crippen LogP contribution in [0, 0.1) is 18.3 Å². The van der Waals surface area contributed by atoms with Gasteiger partial charge in [-0.15, -0.1) is 5.10 Å². The van der Waals surface area contributed by atoms with Gasteiger partial charge in [0.05, 0.1) is 24.4 Å². The third-order valence-electron chi connectivity index (χ3n) is 3.04. The number of hydrogen-bond acceptors (Lipinski definition) is 6. The van der Waals surface area contributed by atoms with Gasteiger partial charge in [-0.1, -0.05) is 12.1 Å². The zero-order valence-corrected chi connectivity index (χ0v) is 12.4. The van der Waals surface area contributed by atoms with E-state index in [2.05, 4.69) is 31.8 Å². The van der Waals surface area contributed by atoms with Crippen molar-refractivity contribution in [2.24, 2.45) is 0 Å². The molecule has 0 atom stereocenters. The van der Waals surface area contributed by atoms with Gasteiger partial charge in [0, 0.05) is 17.8 Å². The highest BCUT2D eigenvalue weighted by atomic mass is 16.5. The molecule has 0 unspecified atom stereocenters. The minimum absolute atomic E-state index is 0.371. The zero-order chi connectivity index (χ0) is 16.1. The fraction of sp³-hybridized carbons (Fsp3) is 0.125. The van der Waals surface area contributed by atoms with E-state index in [0.717, 1.165) is 16.9 Å². The number of anilines is 2. The molecule has 0 aliphatic heterocycles. The second kappa shape index (κ2) is 6.58. The Morgan fingerprint density at radius 2 is 2.09 bits per heavy atom. The number of nitrogens with one attached hydrogen (secondary N) is 2. The number of H-pyrrole nitrogens is 1. The van der Waals surface area contributed by atoms with Crippen molar-refractivity contribution in [3.63, 3.8) is 0 Å². The second-order valence-electron chi connectivity index (χ2n) is 4.92. The van der Waals surface area contributed by atoms with Gasteiger partial charge in [0.25, 0.3) is 0 Å². The summed E-state index contributed by atoms with van der Waals surface area (Å²) in [5.41, 5.74) is 2.63. The van der Waals surface area contributed by atoms with Crippen LogP contribution in [-0.2, 0) is 6.42 Å². The molecule has 0 bridgehead atoms. The third-order valence-corrected chi connectivity index (χ3v) is 3.04. The highest BCUT2D eigenvalue weighted by Crippen LogP contribution is 2.23. The molecule has 7 nitrogen and oxygen atoms in total. The highest BCUT2D eigenvalue weighted by Gasteiger charge is 2.04. The summed E-state index contributed by atoms with van der Waals surface area (Å²) in [4.78, 5) is 0. The maximum atomic E-state index is 8.66. The van der Waals surface area contributed by atoms with Gasteiger partial charge in [-0.05, 0) is 24.6 Å². The SMILES string of the molecule is Cc1cc(Nc2cnnc(Oc3ccc(CC#N)cc3)c2)n[nH]1. The van der Waals surface area contributed by atoms with Gasteiger partial charge in [0.1, 0.15) is 5.75 Å². The van der Waals surface area contributed by atoms with Gasteiger partial charge < -0.3 is 10.1 Å². The van der Waals surface area contributed by atoms with Crippen molar-refractivity contribution in [3.05, 3.63) is 53.9 Å². The van der Waals surface area contributed by atoms with Gasteiger partial charge in [-0.3, -0.25) is 5.10 Å². The number of hydrogen-bond donors (Lipinski definition) is 2. The predicted octanol–water partition coefficient (Wildman–Crippen LogP) is 3.11. The average Bonchev–Trinajstić information content (AvgIpc) is 2.95. The van der Waals surface area contributed by atoms with Gasteiger partial charge in [-0.25, -0.2) is 0 Å². The van der Waals surface area contributed by atoms with E-state index in [0.29, 0.717) is 23.9 Å². The van der Waals surface area contributed by atoms with Crippen LogP contribution < -0.4 is 10.1 Å². The second-order valence-corrected chi connectivity index (χ2v) is 4.92. The van der Waals surface area contributed by atoms with Crippen molar-refractivity contribution < 1.29 is 4.74 Å². The van der Waals surface area contributed by atoms with Gasteiger partial charge in [0.2, 0.25) is 5.88 Å². The first-order chi connectivity index (χ1) is 11.2. The molecular weight excluding hydrogens is 292 g/mol. The van der Waals surface area contributed by atoms with Crippen LogP contribution in [-0.4, -0.2) is 20.4 Å².